The molecule has 0 bridgehead atoms. The molecule has 0 saturated carbocycles. The van der Waals surface area contributed by atoms with Crippen molar-refractivity contribution in [1.82, 2.24) is 15.0 Å². The van der Waals surface area contributed by atoms with Gasteiger partial charge in [0, 0.05) is 6.54 Å². The lowest BCUT2D eigenvalue weighted by atomic mass is 10.1. The summed E-state index contributed by atoms with van der Waals surface area (Å²) in [5.74, 6) is 0.284. The molecule has 5 nitrogen and oxygen atoms in total. The molecule has 0 aliphatic carbocycles. The Kier molecular flexibility index (Phi) is 5.12. The number of amides is 1. The number of hydrogen-bond donors (Lipinski definition) is 1. The number of primary amides is 1. The zero-order valence-electron chi connectivity index (χ0n) is 10.9. The Morgan fingerprint density at radius 3 is 2.71 bits per heavy atom. The van der Waals surface area contributed by atoms with E-state index in [9.17, 15) is 4.79 Å². The maximum absolute atomic E-state index is 10.9. The van der Waals surface area contributed by atoms with Crippen molar-refractivity contribution in [1.29, 1.82) is 0 Å². The van der Waals surface area contributed by atoms with E-state index in [4.69, 9.17) is 5.73 Å². The van der Waals surface area contributed by atoms with Gasteiger partial charge in [-0.1, -0.05) is 32.4 Å². The van der Waals surface area contributed by atoms with Crippen molar-refractivity contribution in [2.45, 2.75) is 53.0 Å². The second kappa shape index (κ2) is 6.37. The molecule has 0 aromatic carbocycles. The minimum absolute atomic E-state index is 0.191. The molecule has 2 N–H and O–H groups in total. The van der Waals surface area contributed by atoms with Gasteiger partial charge in [0.1, 0.15) is 0 Å². The lowest BCUT2D eigenvalue weighted by Gasteiger charge is -2.08. The maximum Gasteiger partial charge on any atom is 0.223 e. The van der Waals surface area contributed by atoms with Crippen LogP contribution in [0, 0.1) is 5.92 Å². The van der Waals surface area contributed by atoms with Gasteiger partial charge in [-0.3, -0.25) is 4.79 Å². The number of carbonyl (C=O) groups excluding carboxylic acids is 1. The lowest BCUT2D eigenvalue weighted by molar-refractivity contribution is -0.117. The van der Waals surface area contributed by atoms with Crippen LogP contribution in [0.1, 0.15) is 45.0 Å². The zero-order valence-corrected chi connectivity index (χ0v) is 10.9. The highest BCUT2D eigenvalue weighted by atomic mass is 16.1. The van der Waals surface area contributed by atoms with Crippen molar-refractivity contribution >= 4 is 5.91 Å². The first-order valence-corrected chi connectivity index (χ1v) is 6.24. The van der Waals surface area contributed by atoms with E-state index in [0.717, 1.165) is 37.2 Å². The Morgan fingerprint density at radius 1 is 1.47 bits per heavy atom. The third kappa shape index (κ3) is 4.17. The highest BCUT2D eigenvalue weighted by Crippen LogP contribution is 2.11. The summed E-state index contributed by atoms with van der Waals surface area (Å²) in [6.45, 7) is 7.33. The highest BCUT2D eigenvalue weighted by molar-refractivity contribution is 5.76. The Bertz CT molecular complexity index is 371. The number of carbonyl (C=O) groups is 1. The summed E-state index contributed by atoms with van der Waals surface area (Å²) in [6, 6.07) is 0. The minimum Gasteiger partial charge on any atom is -0.369 e. The van der Waals surface area contributed by atoms with E-state index in [-0.39, 0.29) is 12.3 Å². The molecule has 1 amide bonds. The van der Waals surface area contributed by atoms with Gasteiger partial charge in [-0.25, -0.2) is 4.68 Å². The molecule has 0 unspecified atom stereocenters. The second-order valence-corrected chi connectivity index (χ2v) is 4.78. The van der Waals surface area contributed by atoms with Crippen molar-refractivity contribution in [2.24, 2.45) is 11.7 Å². The fourth-order valence-corrected chi connectivity index (χ4v) is 1.74. The minimum atomic E-state index is -0.349. The molecule has 1 heterocycles. The van der Waals surface area contributed by atoms with Crippen molar-refractivity contribution < 1.29 is 4.79 Å². The molecule has 17 heavy (non-hydrogen) atoms. The van der Waals surface area contributed by atoms with Crippen LogP contribution in [0.2, 0.25) is 0 Å². The van der Waals surface area contributed by atoms with Crippen LogP contribution in [0.4, 0.5) is 0 Å². The molecular weight excluding hydrogens is 216 g/mol. The van der Waals surface area contributed by atoms with Crippen LogP contribution in [-0.4, -0.2) is 20.9 Å². The average Bonchev–Trinajstić information content (AvgIpc) is 2.58. The lowest BCUT2D eigenvalue weighted by Crippen LogP contribution is -2.16. The van der Waals surface area contributed by atoms with Crippen molar-refractivity contribution in [3.05, 3.63) is 11.4 Å². The number of aryl methyl sites for hydroxylation is 1. The zero-order chi connectivity index (χ0) is 12.8. The Hall–Kier alpha value is -1.39. The predicted molar refractivity (Wildman–Crippen MR) is 66.4 cm³/mol. The van der Waals surface area contributed by atoms with Gasteiger partial charge >= 0.3 is 0 Å². The van der Waals surface area contributed by atoms with Gasteiger partial charge in [-0.2, -0.15) is 0 Å². The Balaban J connectivity index is 2.81. The monoisotopic (exact) mass is 238 g/mol. The number of nitrogens with zero attached hydrogens (tertiary/aromatic N) is 3. The summed E-state index contributed by atoms with van der Waals surface area (Å²) in [5.41, 5.74) is 7.01. The molecule has 0 spiro atoms. The van der Waals surface area contributed by atoms with Gasteiger partial charge in [0.25, 0.3) is 0 Å². The van der Waals surface area contributed by atoms with Gasteiger partial charge < -0.3 is 5.73 Å². The molecule has 0 radical (unpaired) electrons. The van der Waals surface area contributed by atoms with Gasteiger partial charge in [-0.15, -0.1) is 5.10 Å². The first-order chi connectivity index (χ1) is 8.04. The van der Waals surface area contributed by atoms with E-state index in [2.05, 4.69) is 31.1 Å². The molecule has 0 aliphatic heterocycles. The van der Waals surface area contributed by atoms with Crippen LogP contribution in [0.15, 0.2) is 0 Å². The molecule has 0 fully saturated rings. The van der Waals surface area contributed by atoms with E-state index >= 15 is 0 Å². The molecule has 1 aromatic rings. The van der Waals surface area contributed by atoms with Crippen LogP contribution in [-0.2, 0) is 24.2 Å². The smallest absolute Gasteiger partial charge is 0.223 e. The normalized spacial score (nSPS) is 11.1. The summed E-state index contributed by atoms with van der Waals surface area (Å²) in [7, 11) is 0. The summed E-state index contributed by atoms with van der Waals surface area (Å²) >= 11 is 0. The highest BCUT2D eigenvalue weighted by Gasteiger charge is 2.14. The van der Waals surface area contributed by atoms with Crippen molar-refractivity contribution in [3.63, 3.8) is 0 Å². The van der Waals surface area contributed by atoms with E-state index in [1.165, 1.54) is 0 Å². The molecular formula is C12H22N4O. The van der Waals surface area contributed by atoms with Crippen LogP contribution in [0.25, 0.3) is 0 Å². The molecule has 5 heteroatoms. The fourth-order valence-electron chi connectivity index (χ4n) is 1.74. The van der Waals surface area contributed by atoms with Crippen LogP contribution >= 0.6 is 0 Å². The van der Waals surface area contributed by atoms with Crippen molar-refractivity contribution in [3.8, 4) is 0 Å². The summed E-state index contributed by atoms with van der Waals surface area (Å²) in [5, 5.41) is 8.18. The molecule has 0 saturated heterocycles. The van der Waals surface area contributed by atoms with Gasteiger partial charge in [0.15, 0.2) is 0 Å². The topological polar surface area (TPSA) is 73.8 Å². The first-order valence-electron chi connectivity index (χ1n) is 6.24. The third-order valence-electron chi connectivity index (χ3n) is 2.66. The number of hydrogen-bond acceptors (Lipinski definition) is 3. The number of nitrogens with two attached hydrogens (primary N) is 1. The molecule has 1 aromatic heterocycles. The Labute approximate surface area is 102 Å². The molecule has 96 valence electrons. The first kappa shape index (κ1) is 13.7. The number of aromatic nitrogens is 3. The molecule has 0 atom stereocenters. The van der Waals surface area contributed by atoms with E-state index < -0.39 is 0 Å². The van der Waals surface area contributed by atoms with E-state index in [0.29, 0.717) is 5.92 Å². The standard InChI is InChI=1S/C12H22N4O/c1-4-5-11-10(8-12(13)17)14-15-16(11)7-6-9(2)3/h9H,4-8H2,1-3H3,(H2,13,17). The van der Waals surface area contributed by atoms with Crippen molar-refractivity contribution in [2.75, 3.05) is 0 Å². The fraction of sp³-hybridized carbons (Fsp3) is 0.750. The molecule has 0 aliphatic rings. The molecule has 1 rings (SSSR count). The van der Waals surface area contributed by atoms with Gasteiger partial charge in [0.2, 0.25) is 5.91 Å². The summed E-state index contributed by atoms with van der Waals surface area (Å²) in [6.07, 6.45) is 3.17. The summed E-state index contributed by atoms with van der Waals surface area (Å²) < 4.78 is 1.92. The average molecular weight is 238 g/mol. The van der Waals surface area contributed by atoms with E-state index in [1.54, 1.807) is 0 Å². The van der Waals surface area contributed by atoms with E-state index in [1.807, 2.05) is 4.68 Å². The van der Waals surface area contributed by atoms with Crippen LogP contribution < -0.4 is 5.73 Å². The quantitative estimate of drug-likeness (QED) is 0.778. The Morgan fingerprint density at radius 2 is 2.18 bits per heavy atom. The summed E-state index contributed by atoms with van der Waals surface area (Å²) in [4.78, 5) is 10.9. The SMILES string of the molecule is CCCc1c(CC(N)=O)nnn1CCC(C)C. The van der Waals surface area contributed by atoms with Gasteiger partial charge in [0.05, 0.1) is 17.8 Å². The second-order valence-electron chi connectivity index (χ2n) is 4.78. The van der Waals surface area contributed by atoms with Gasteiger partial charge in [-0.05, 0) is 18.8 Å². The largest absolute Gasteiger partial charge is 0.369 e. The predicted octanol–water partition coefficient (Wildman–Crippen LogP) is 1.30. The van der Waals surface area contributed by atoms with Crippen LogP contribution in [0.5, 0.6) is 0 Å². The number of rotatable bonds is 7. The van der Waals surface area contributed by atoms with Crippen LogP contribution in [0.3, 0.4) is 0 Å². The maximum atomic E-state index is 10.9. The third-order valence-corrected chi connectivity index (χ3v) is 2.66.